The Labute approximate surface area is 152 Å². The molecule has 0 atom stereocenters. The minimum atomic E-state index is -0.317. The van der Waals surface area contributed by atoms with E-state index in [2.05, 4.69) is 22.1 Å². The van der Waals surface area contributed by atoms with E-state index in [1.807, 2.05) is 42.5 Å². The fourth-order valence-corrected chi connectivity index (χ4v) is 3.23. The molecule has 0 fully saturated rings. The molecule has 26 heavy (non-hydrogen) atoms. The lowest BCUT2D eigenvalue weighted by Gasteiger charge is -2.14. The maximum absolute atomic E-state index is 12.0. The first-order valence-electron chi connectivity index (χ1n) is 8.77. The highest BCUT2D eigenvalue weighted by molar-refractivity contribution is 5.71. The lowest BCUT2D eigenvalue weighted by molar-refractivity contribution is -0.144. The molecule has 0 spiro atoms. The van der Waals surface area contributed by atoms with Crippen molar-refractivity contribution in [3.63, 3.8) is 0 Å². The van der Waals surface area contributed by atoms with E-state index in [4.69, 9.17) is 9.72 Å². The molecule has 6 heteroatoms. The van der Waals surface area contributed by atoms with Crippen LogP contribution in [0.15, 0.2) is 54.6 Å². The Morgan fingerprint density at radius 3 is 2.69 bits per heavy atom. The van der Waals surface area contributed by atoms with Crippen LogP contribution in [0.5, 0.6) is 0 Å². The number of carbonyl (C=O) groups is 1. The molecule has 1 aliphatic rings. The number of benzene rings is 2. The third kappa shape index (κ3) is 3.06. The van der Waals surface area contributed by atoms with Crippen LogP contribution in [0.25, 0.3) is 11.4 Å². The largest absolute Gasteiger partial charge is 0.465 e. The zero-order valence-electron chi connectivity index (χ0n) is 14.6. The summed E-state index contributed by atoms with van der Waals surface area (Å²) >= 11 is 0. The van der Waals surface area contributed by atoms with Gasteiger partial charge in [0.2, 0.25) is 5.95 Å². The predicted molar refractivity (Wildman–Crippen MR) is 99.2 cm³/mol. The van der Waals surface area contributed by atoms with Crippen molar-refractivity contribution in [2.24, 2.45) is 0 Å². The normalized spacial score (nSPS) is 12.9. The van der Waals surface area contributed by atoms with Crippen molar-refractivity contribution < 1.29 is 9.53 Å². The number of aromatic nitrogens is 3. The van der Waals surface area contributed by atoms with Crippen molar-refractivity contribution in [2.75, 3.05) is 18.1 Å². The second-order valence-corrected chi connectivity index (χ2v) is 6.09. The van der Waals surface area contributed by atoms with Crippen LogP contribution < -0.4 is 4.90 Å². The van der Waals surface area contributed by atoms with E-state index in [1.54, 1.807) is 11.6 Å². The monoisotopic (exact) mass is 348 g/mol. The van der Waals surface area contributed by atoms with E-state index in [-0.39, 0.29) is 12.5 Å². The Kier molecular flexibility index (Phi) is 4.39. The Balaban J connectivity index is 1.73. The SMILES string of the molecule is CCOC(=O)Cn1nc(N2CCc3ccccc32)nc1-c1ccccc1. The smallest absolute Gasteiger partial charge is 0.327 e. The van der Waals surface area contributed by atoms with Gasteiger partial charge in [-0.05, 0) is 25.0 Å². The topological polar surface area (TPSA) is 60.3 Å². The quantitative estimate of drug-likeness (QED) is 0.663. The Bertz CT molecular complexity index is 921. The summed E-state index contributed by atoms with van der Waals surface area (Å²) in [6.07, 6.45) is 0.962. The maximum Gasteiger partial charge on any atom is 0.327 e. The molecule has 2 heterocycles. The van der Waals surface area contributed by atoms with Crippen LogP contribution in [-0.2, 0) is 22.5 Å². The highest BCUT2D eigenvalue weighted by Gasteiger charge is 2.25. The van der Waals surface area contributed by atoms with Crippen LogP contribution in [0.1, 0.15) is 12.5 Å². The fraction of sp³-hybridized carbons (Fsp3) is 0.250. The van der Waals surface area contributed by atoms with Gasteiger partial charge in [0.15, 0.2) is 5.82 Å². The molecule has 1 aliphatic heterocycles. The van der Waals surface area contributed by atoms with Gasteiger partial charge >= 0.3 is 5.97 Å². The first-order chi connectivity index (χ1) is 12.8. The average Bonchev–Trinajstić information content (AvgIpc) is 3.26. The molecule has 3 aromatic rings. The molecule has 0 aliphatic carbocycles. The summed E-state index contributed by atoms with van der Waals surface area (Å²) in [5.74, 6) is 0.957. The van der Waals surface area contributed by atoms with Crippen LogP contribution in [0.3, 0.4) is 0 Å². The van der Waals surface area contributed by atoms with Gasteiger partial charge in [0.25, 0.3) is 0 Å². The van der Waals surface area contributed by atoms with Crippen LogP contribution in [0.4, 0.5) is 11.6 Å². The number of fused-ring (bicyclic) bond motifs is 1. The molecule has 0 saturated heterocycles. The molecule has 0 N–H and O–H groups in total. The van der Waals surface area contributed by atoms with Crippen LogP contribution in [0, 0.1) is 0 Å². The lowest BCUT2D eigenvalue weighted by Crippen LogP contribution is -2.17. The summed E-state index contributed by atoms with van der Waals surface area (Å²) in [4.78, 5) is 18.8. The number of anilines is 2. The second kappa shape index (κ2) is 7.00. The van der Waals surface area contributed by atoms with Gasteiger partial charge in [-0.15, -0.1) is 5.10 Å². The van der Waals surface area contributed by atoms with Gasteiger partial charge < -0.3 is 9.64 Å². The summed E-state index contributed by atoms with van der Waals surface area (Å²) in [5.41, 5.74) is 3.33. The lowest BCUT2D eigenvalue weighted by atomic mass is 10.2. The van der Waals surface area contributed by atoms with Gasteiger partial charge in [-0.2, -0.15) is 4.98 Å². The molecule has 0 radical (unpaired) electrons. The summed E-state index contributed by atoms with van der Waals surface area (Å²) in [7, 11) is 0. The standard InChI is InChI=1S/C20H20N4O2/c1-2-26-18(25)14-24-19(16-9-4-3-5-10-16)21-20(22-24)23-13-12-15-8-6-7-11-17(15)23/h3-11H,2,12-14H2,1H3. The fourth-order valence-electron chi connectivity index (χ4n) is 3.23. The number of nitrogens with zero attached hydrogens (tertiary/aromatic N) is 4. The number of ether oxygens (including phenoxy) is 1. The minimum absolute atomic E-state index is 0.0422. The molecule has 0 saturated carbocycles. The molecule has 6 nitrogen and oxygen atoms in total. The second-order valence-electron chi connectivity index (χ2n) is 6.09. The first kappa shape index (κ1) is 16.3. The molecular formula is C20H20N4O2. The third-order valence-corrected chi connectivity index (χ3v) is 4.41. The van der Waals surface area contributed by atoms with Crippen molar-refractivity contribution in [3.8, 4) is 11.4 Å². The van der Waals surface area contributed by atoms with E-state index >= 15 is 0 Å². The van der Waals surface area contributed by atoms with E-state index in [0.29, 0.717) is 18.4 Å². The molecular weight excluding hydrogens is 328 g/mol. The van der Waals surface area contributed by atoms with Gasteiger partial charge in [-0.3, -0.25) is 4.79 Å². The van der Waals surface area contributed by atoms with Crippen LogP contribution in [0.2, 0.25) is 0 Å². The average molecular weight is 348 g/mol. The Morgan fingerprint density at radius 1 is 1.12 bits per heavy atom. The number of esters is 1. The van der Waals surface area contributed by atoms with Crippen molar-refractivity contribution in [1.82, 2.24) is 14.8 Å². The minimum Gasteiger partial charge on any atom is -0.465 e. The molecule has 0 amide bonds. The number of hydrogen-bond acceptors (Lipinski definition) is 5. The van der Waals surface area contributed by atoms with Crippen molar-refractivity contribution in [3.05, 3.63) is 60.2 Å². The zero-order chi connectivity index (χ0) is 17.9. The summed E-state index contributed by atoms with van der Waals surface area (Å²) in [6, 6.07) is 18.1. The molecule has 1 aromatic heterocycles. The Morgan fingerprint density at radius 2 is 1.88 bits per heavy atom. The number of hydrogen-bond donors (Lipinski definition) is 0. The molecule has 0 bridgehead atoms. The van der Waals surface area contributed by atoms with Gasteiger partial charge in [0.05, 0.1) is 6.61 Å². The van der Waals surface area contributed by atoms with Crippen LogP contribution in [-0.4, -0.2) is 33.9 Å². The first-order valence-corrected chi connectivity index (χ1v) is 8.77. The van der Waals surface area contributed by atoms with Crippen LogP contribution >= 0.6 is 0 Å². The third-order valence-electron chi connectivity index (χ3n) is 4.41. The van der Waals surface area contributed by atoms with Gasteiger partial charge in [0, 0.05) is 17.8 Å². The summed E-state index contributed by atoms with van der Waals surface area (Å²) in [5, 5.41) is 4.62. The van der Waals surface area contributed by atoms with Crippen molar-refractivity contribution in [2.45, 2.75) is 19.9 Å². The summed E-state index contributed by atoms with van der Waals surface area (Å²) < 4.78 is 6.72. The van der Waals surface area contributed by atoms with Crippen molar-refractivity contribution >= 4 is 17.6 Å². The maximum atomic E-state index is 12.0. The molecule has 0 unspecified atom stereocenters. The zero-order valence-corrected chi connectivity index (χ0v) is 14.6. The number of rotatable bonds is 5. The van der Waals surface area contributed by atoms with Gasteiger partial charge in [-0.25, -0.2) is 4.68 Å². The Hall–Kier alpha value is -3.15. The van der Waals surface area contributed by atoms with E-state index < -0.39 is 0 Å². The summed E-state index contributed by atoms with van der Waals surface area (Å²) in [6.45, 7) is 3.02. The highest BCUT2D eigenvalue weighted by atomic mass is 16.5. The van der Waals surface area contributed by atoms with E-state index in [9.17, 15) is 4.79 Å². The van der Waals surface area contributed by atoms with E-state index in [1.165, 1.54) is 5.56 Å². The van der Waals surface area contributed by atoms with Gasteiger partial charge in [-0.1, -0.05) is 48.5 Å². The molecule has 2 aromatic carbocycles. The molecule has 132 valence electrons. The van der Waals surface area contributed by atoms with E-state index in [0.717, 1.165) is 24.2 Å². The number of para-hydroxylation sites is 1. The number of carbonyl (C=O) groups excluding carboxylic acids is 1. The van der Waals surface area contributed by atoms with Gasteiger partial charge in [0.1, 0.15) is 6.54 Å². The van der Waals surface area contributed by atoms with Crippen molar-refractivity contribution in [1.29, 1.82) is 0 Å². The highest BCUT2D eigenvalue weighted by Crippen LogP contribution is 2.33. The predicted octanol–water partition coefficient (Wildman–Crippen LogP) is 3.20. The molecule has 4 rings (SSSR count).